The Labute approximate surface area is 126 Å². The smallest absolute Gasteiger partial charge is 0.124 e. The maximum atomic E-state index is 6.21. The summed E-state index contributed by atoms with van der Waals surface area (Å²) in [5.74, 6) is 0.859. The standard InChI is InChI=1S/C14H16BrClN2O/c1-3-13(16)11-7-17-18(9-11)8-10-6-12(15)4-5-14(10)19-2/h4-7,9,13H,3,8H2,1-2H3. The fraction of sp³-hybridized carbons (Fsp3) is 0.357. The molecule has 3 nitrogen and oxygen atoms in total. The Morgan fingerprint density at radius 2 is 2.26 bits per heavy atom. The van der Waals surface area contributed by atoms with Crippen LogP contribution in [-0.4, -0.2) is 16.9 Å². The number of hydrogen-bond donors (Lipinski definition) is 0. The summed E-state index contributed by atoms with van der Waals surface area (Å²) in [6.45, 7) is 2.72. The molecule has 0 fully saturated rings. The summed E-state index contributed by atoms with van der Waals surface area (Å²) in [6, 6.07) is 5.95. The molecule has 1 aromatic heterocycles. The average molecular weight is 344 g/mol. The molecule has 1 unspecified atom stereocenters. The molecule has 1 heterocycles. The second-order valence-electron chi connectivity index (χ2n) is 4.30. The van der Waals surface area contributed by atoms with Gasteiger partial charge in [0, 0.05) is 21.8 Å². The highest BCUT2D eigenvalue weighted by Crippen LogP contribution is 2.26. The van der Waals surface area contributed by atoms with Gasteiger partial charge in [0.25, 0.3) is 0 Å². The van der Waals surface area contributed by atoms with Crippen LogP contribution < -0.4 is 4.74 Å². The molecule has 1 aromatic carbocycles. The summed E-state index contributed by atoms with van der Waals surface area (Å²) in [7, 11) is 1.67. The highest BCUT2D eigenvalue weighted by atomic mass is 79.9. The van der Waals surface area contributed by atoms with Gasteiger partial charge in [0.1, 0.15) is 5.75 Å². The van der Waals surface area contributed by atoms with Crippen LogP contribution in [0.4, 0.5) is 0 Å². The number of ether oxygens (including phenoxy) is 1. The topological polar surface area (TPSA) is 27.1 Å². The molecule has 5 heteroatoms. The summed E-state index contributed by atoms with van der Waals surface area (Å²) in [4.78, 5) is 0. The summed E-state index contributed by atoms with van der Waals surface area (Å²) in [6.07, 6.45) is 4.71. The number of alkyl halides is 1. The molecule has 0 aliphatic heterocycles. The monoisotopic (exact) mass is 342 g/mol. The lowest BCUT2D eigenvalue weighted by molar-refractivity contribution is 0.407. The molecule has 19 heavy (non-hydrogen) atoms. The minimum Gasteiger partial charge on any atom is -0.496 e. The molecule has 0 aliphatic rings. The molecule has 0 radical (unpaired) electrons. The van der Waals surface area contributed by atoms with Crippen molar-refractivity contribution in [3.63, 3.8) is 0 Å². The van der Waals surface area contributed by atoms with Crippen LogP contribution in [0.1, 0.15) is 29.8 Å². The van der Waals surface area contributed by atoms with E-state index in [-0.39, 0.29) is 5.38 Å². The first-order valence-electron chi connectivity index (χ1n) is 6.13. The predicted molar refractivity (Wildman–Crippen MR) is 80.9 cm³/mol. The minimum atomic E-state index is 0.0261. The van der Waals surface area contributed by atoms with E-state index in [0.29, 0.717) is 6.54 Å². The third-order valence-electron chi connectivity index (χ3n) is 2.95. The fourth-order valence-corrected chi connectivity index (χ4v) is 2.43. The lowest BCUT2D eigenvalue weighted by Crippen LogP contribution is -2.02. The maximum Gasteiger partial charge on any atom is 0.124 e. The Hall–Kier alpha value is -1.00. The highest BCUT2D eigenvalue weighted by molar-refractivity contribution is 9.10. The van der Waals surface area contributed by atoms with E-state index in [2.05, 4.69) is 28.0 Å². The number of rotatable bonds is 5. The quantitative estimate of drug-likeness (QED) is 0.753. The van der Waals surface area contributed by atoms with E-state index in [4.69, 9.17) is 16.3 Å². The van der Waals surface area contributed by atoms with Crippen LogP contribution in [0, 0.1) is 0 Å². The lowest BCUT2D eigenvalue weighted by atomic mass is 10.2. The highest BCUT2D eigenvalue weighted by Gasteiger charge is 2.10. The first-order chi connectivity index (χ1) is 9.13. The van der Waals surface area contributed by atoms with E-state index >= 15 is 0 Å². The van der Waals surface area contributed by atoms with Gasteiger partial charge >= 0.3 is 0 Å². The largest absolute Gasteiger partial charge is 0.496 e. The van der Waals surface area contributed by atoms with Crippen LogP contribution in [0.3, 0.4) is 0 Å². The van der Waals surface area contributed by atoms with E-state index < -0.39 is 0 Å². The van der Waals surface area contributed by atoms with Crippen molar-refractivity contribution in [1.82, 2.24) is 9.78 Å². The van der Waals surface area contributed by atoms with Crippen molar-refractivity contribution in [2.24, 2.45) is 0 Å². The van der Waals surface area contributed by atoms with Crippen molar-refractivity contribution in [2.75, 3.05) is 7.11 Å². The van der Waals surface area contributed by atoms with E-state index in [1.807, 2.05) is 35.3 Å². The molecule has 0 saturated heterocycles. The third-order valence-corrected chi connectivity index (χ3v) is 4.00. The third kappa shape index (κ3) is 3.51. The number of nitrogens with zero attached hydrogens (tertiary/aromatic N) is 2. The Balaban J connectivity index is 2.21. The number of benzene rings is 1. The van der Waals surface area contributed by atoms with Gasteiger partial charge in [0.15, 0.2) is 0 Å². The van der Waals surface area contributed by atoms with E-state index in [1.165, 1.54) is 0 Å². The zero-order valence-corrected chi connectivity index (χ0v) is 13.3. The van der Waals surface area contributed by atoms with Gasteiger partial charge in [0.2, 0.25) is 0 Å². The minimum absolute atomic E-state index is 0.0261. The van der Waals surface area contributed by atoms with E-state index in [9.17, 15) is 0 Å². The van der Waals surface area contributed by atoms with Gasteiger partial charge in [-0.3, -0.25) is 4.68 Å². The van der Waals surface area contributed by atoms with Gasteiger partial charge in [-0.25, -0.2) is 0 Å². The van der Waals surface area contributed by atoms with Crippen molar-refractivity contribution in [2.45, 2.75) is 25.3 Å². The molecule has 0 spiro atoms. The van der Waals surface area contributed by atoms with Crippen molar-refractivity contribution < 1.29 is 4.74 Å². The zero-order chi connectivity index (χ0) is 13.8. The molecule has 1 atom stereocenters. The molecule has 0 bridgehead atoms. The van der Waals surface area contributed by atoms with Crippen molar-refractivity contribution >= 4 is 27.5 Å². The van der Waals surface area contributed by atoms with Gasteiger partial charge in [-0.1, -0.05) is 22.9 Å². The van der Waals surface area contributed by atoms with Gasteiger partial charge < -0.3 is 4.74 Å². The van der Waals surface area contributed by atoms with Crippen LogP contribution >= 0.6 is 27.5 Å². The molecular formula is C14H16BrClN2O. The van der Waals surface area contributed by atoms with Gasteiger partial charge in [-0.2, -0.15) is 5.10 Å². The molecule has 0 saturated carbocycles. The number of aromatic nitrogens is 2. The molecule has 0 amide bonds. The summed E-state index contributed by atoms with van der Waals surface area (Å²) in [5, 5.41) is 4.37. The van der Waals surface area contributed by atoms with Gasteiger partial charge in [-0.15, -0.1) is 11.6 Å². The molecular weight excluding hydrogens is 328 g/mol. The van der Waals surface area contributed by atoms with Gasteiger partial charge in [-0.05, 0) is 24.6 Å². The molecule has 0 N–H and O–H groups in total. The number of hydrogen-bond acceptors (Lipinski definition) is 2. The summed E-state index contributed by atoms with van der Waals surface area (Å²) < 4.78 is 8.27. The molecule has 0 aliphatic carbocycles. The number of methoxy groups -OCH3 is 1. The summed E-state index contributed by atoms with van der Waals surface area (Å²) in [5.41, 5.74) is 2.13. The zero-order valence-electron chi connectivity index (χ0n) is 10.9. The van der Waals surface area contributed by atoms with Crippen LogP contribution in [0.5, 0.6) is 5.75 Å². The van der Waals surface area contributed by atoms with Crippen molar-refractivity contribution in [3.8, 4) is 5.75 Å². The SMILES string of the molecule is CCC(Cl)c1cnn(Cc2cc(Br)ccc2OC)c1. The van der Waals surface area contributed by atoms with E-state index in [0.717, 1.165) is 27.8 Å². The fourth-order valence-electron chi connectivity index (χ4n) is 1.91. The predicted octanol–water partition coefficient (Wildman–Crippen LogP) is 4.39. The number of halogens is 2. The molecule has 102 valence electrons. The Morgan fingerprint density at radius 3 is 2.95 bits per heavy atom. The average Bonchev–Trinajstić information content (AvgIpc) is 2.86. The Morgan fingerprint density at radius 1 is 1.47 bits per heavy atom. The van der Waals surface area contributed by atoms with Crippen LogP contribution in [0.15, 0.2) is 35.1 Å². The van der Waals surface area contributed by atoms with Crippen LogP contribution in [0.2, 0.25) is 0 Å². The Bertz CT molecular complexity index is 556. The van der Waals surface area contributed by atoms with Crippen LogP contribution in [-0.2, 0) is 6.54 Å². The first kappa shape index (κ1) is 14.4. The second-order valence-corrected chi connectivity index (χ2v) is 5.75. The second kappa shape index (κ2) is 6.44. The van der Waals surface area contributed by atoms with Crippen molar-refractivity contribution in [3.05, 3.63) is 46.2 Å². The lowest BCUT2D eigenvalue weighted by Gasteiger charge is -2.09. The summed E-state index contributed by atoms with van der Waals surface area (Å²) >= 11 is 9.68. The van der Waals surface area contributed by atoms with Crippen molar-refractivity contribution in [1.29, 1.82) is 0 Å². The van der Waals surface area contributed by atoms with E-state index in [1.54, 1.807) is 7.11 Å². The maximum absolute atomic E-state index is 6.21. The molecule has 2 rings (SSSR count). The Kier molecular flexibility index (Phi) is 4.88. The first-order valence-corrected chi connectivity index (χ1v) is 7.35. The van der Waals surface area contributed by atoms with Gasteiger partial charge in [0.05, 0.1) is 25.2 Å². The normalized spacial score (nSPS) is 12.4. The molecule has 2 aromatic rings. The van der Waals surface area contributed by atoms with Crippen LogP contribution in [0.25, 0.3) is 0 Å².